The lowest BCUT2D eigenvalue weighted by Gasteiger charge is -2.21. The van der Waals surface area contributed by atoms with E-state index in [1.54, 1.807) is 12.2 Å². The zero-order chi connectivity index (χ0) is 78.9. The third kappa shape index (κ3) is 77.3. The van der Waals surface area contributed by atoms with E-state index < -0.39 is 97.5 Å². The van der Waals surface area contributed by atoms with E-state index in [1.807, 2.05) is 42.5 Å². The molecule has 0 bridgehead atoms. The molecule has 0 aromatic heterocycles. The fourth-order valence-corrected chi connectivity index (χ4v) is 10.9. The topological polar surface area (TPSA) is 237 Å². The number of hydrogen-bond donors (Lipinski definition) is 3. The maximum atomic E-state index is 13.1. The summed E-state index contributed by atoms with van der Waals surface area (Å²) < 4.78 is 68.3. The summed E-state index contributed by atoms with van der Waals surface area (Å²) in [5.74, 6) is -2.53. The second-order valence-electron chi connectivity index (χ2n) is 25.1. The molecule has 0 saturated heterocycles. The number of phosphoric ester groups is 2. The van der Waals surface area contributed by atoms with Crippen molar-refractivity contribution in [2.45, 2.75) is 264 Å². The van der Waals surface area contributed by atoms with E-state index in [-0.39, 0.29) is 25.7 Å². The van der Waals surface area contributed by atoms with Crippen LogP contribution in [0.15, 0.2) is 231 Å². The minimum atomic E-state index is -5.04. The highest BCUT2D eigenvalue weighted by Crippen LogP contribution is 2.45. The second-order valence-corrected chi connectivity index (χ2v) is 28.0. The Morgan fingerprint density at radius 3 is 0.861 bits per heavy atom. The first-order chi connectivity index (χ1) is 52.7. The average Bonchev–Trinajstić information content (AvgIpc) is 0.901. The number of esters is 4. The van der Waals surface area contributed by atoms with Crippen molar-refractivity contribution >= 4 is 39.5 Å². The molecule has 17 nitrogen and oxygen atoms in total. The van der Waals surface area contributed by atoms with Gasteiger partial charge in [-0.25, -0.2) is 9.13 Å². The van der Waals surface area contributed by atoms with Gasteiger partial charge in [-0.3, -0.25) is 37.3 Å². The summed E-state index contributed by atoms with van der Waals surface area (Å²) in [5.41, 5.74) is 0. The van der Waals surface area contributed by atoms with E-state index in [1.165, 1.54) is 0 Å². The van der Waals surface area contributed by atoms with Gasteiger partial charge in [0.05, 0.1) is 32.8 Å². The summed E-state index contributed by atoms with van der Waals surface area (Å²) in [4.78, 5) is 73.0. The van der Waals surface area contributed by atoms with Crippen molar-refractivity contribution in [3.8, 4) is 0 Å². The first kappa shape index (κ1) is 101. The number of phosphoric acid groups is 2. The number of hydrogen-bond acceptors (Lipinski definition) is 15. The highest BCUT2D eigenvalue weighted by molar-refractivity contribution is 7.47. The van der Waals surface area contributed by atoms with Crippen LogP contribution in [0, 0.1) is 0 Å². The summed E-state index contributed by atoms with van der Waals surface area (Å²) in [7, 11) is -10.1. The molecule has 0 fully saturated rings. The Bertz CT molecular complexity index is 2960. The van der Waals surface area contributed by atoms with Gasteiger partial charge in [0.15, 0.2) is 12.2 Å². The summed E-state index contributed by atoms with van der Waals surface area (Å²) in [6.45, 7) is 4.09. The maximum absolute atomic E-state index is 13.1. The first-order valence-electron chi connectivity index (χ1n) is 39.6. The fraction of sp³-hybridized carbons (Fsp3) is 0.528. The molecule has 0 radical (unpaired) electrons. The van der Waals surface area contributed by atoms with Gasteiger partial charge in [-0.15, -0.1) is 0 Å². The van der Waals surface area contributed by atoms with Crippen LogP contribution in [0.5, 0.6) is 0 Å². The molecule has 604 valence electrons. The van der Waals surface area contributed by atoms with E-state index in [4.69, 9.17) is 37.0 Å². The Balaban J connectivity index is 5.59. The minimum Gasteiger partial charge on any atom is -0.462 e. The number of carbonyl (C=O) groups excluding carboxylic acids is 4. The molecule has 0 saturated carbocycles. The first-order valence-corrected chi connectivity index (χ1v) is 42.6. The molecule has 0 aromatic carbocycles. The van der Waals surface area contributed by atoms with E-state index in [2.05, 4.69) is 204 Å². The third-order valence-electron chi connectivity index (χ3n) is 15.2. The Labute approximate surface area is 651 Å². The molecule has 3 N–H and O–H groups in total. The lowest BCUT2D eigenvalue weighted by atomic mass is 10.1. The van der Waals surface area contributed by atoms with Crippen molar-refractivity contribution in [1.29, 1.82) is 0 Å². The minimum absolute atomic E-state index is 0.00517. The lowest BCUT2D eigenvalue weighted by Crippen LogP contribution is -2.30. The molecule has 0 heterocycles. The predicted molar refractivity (Wildman–Crippen MR) is 444 cm³/mol. The van der Waals surface area contributed by atoms with Gasteiger partial charge in [0.25, 0.3) is 0 Å². The van der Waals surface area contributed by atoms with Crippen LogP contribution >= 0.6 is 15.6 Å². The van der Waals surface area contributed by atoms with Gasteiger partial charge >= 0.3 is 39.5 Å². The van der Waals surface area contributed by atoms with Gasteiger partial charge in [0.2, 0.25) is 0 Å². The average molecular weight is 1540 g/mol. The smallest absolute Gasteiger partial charge is 0.462 e. The molecule has 0 aliphatic carbocycles. The second kappa shape index (κ2) is 78.2. The van der Waals surface area contributed by atoms with Crippen LogP contribution in [0.3, 0.4) is 0 Å². The Morgan fingerprint density at radius 1 is 0.269 bits per heavy atom. The molecule has 5 unspecified atom stereocenters. The van der Waals surface area contributed by atoms with Gasteiger partial charge in [0.1, 0.15) is 19.3 Å². The van der Waals surface area contributed by atoms with Crippen molar-refractivity contribution in [3.63, 3.8) is 0 Å². The molecular weight excluding hydrogens is 1400 g/mol. The molecule has 0 aromatic rings. The number of aliphatic hydroxyl groups is 1. The van der Waals surface area contributed by atoms with Crippen molar-refractivity contribution in [2.75, 3.05) is 39.6 Å². The number of allylic oxidation sites excluding steroid dienone is 37. The zero-order valence-corrected chi connectivity index (χ0v) is 67.7. The Morgan fingerprint density at radius 2 is 0.519 bits per heavy atom. The Hall–Kier alpha value is -6.88. The highest BCUT2D eigenvalue weighted by atomic mass is 31.2. The number of rotatable bonds is 71. The predicted octanol–water partition coefficient (Wildman–Crippen LogP) is 23.4. The quantitative estimate of drug-likeness (QED) is 0.0169. The number of ether oxygens (including phenoxy) is 4. The molecule has 0 spiro atoms. The standard InChI is InChI=1S/C89H136O17P2/c1-5-9-13-17-21-25-29-33-37-40-41-44-47-50-54-58-62-66-70-74-87(92)100-79-84(105-88(93)75-71-67-63-59-55-51-45-36-32-28-24-20-16-12-8-4)81-103-107(95,96)101-77-83(90)78-102-108(97,98)104-82-85(106-89(94)76-72-68-64-60-56-52-48-43-39-35-31-27-23-19-15-11-7-3)80-99-86(91)73-69-65-61-57-53-49-46-42-38-34-30-26-22-18-14-10-6-2/h9-16,21-28,33-39,41,44-46,49-50,54-55,57,59,61-62,66-67,71,83-85,90H,5-8,17-20,29-32,40,42-43,47-48,51-53,56,58,60,63-65,68-70,72-82H2,1-4H3,(H,95,96)(H,97,98)/b13-9-,14-10-,15-11-,16-12-,25-21-,26-22-,27-23-,28-24-,37-33-,38-34-,39-35-,44-41-,45-36-,49-46-,54-50-,59-55-,61-57-,66-62-,71-67-. The van der Waals surface area contributed by atoms with Crippen LogP contribution in [0.25, 0.3) is 0 Å². The fourth-order valence-electron chi connectivity index (χ4n) is 9.31. The molecule has 19 heteroatoms. The zero-order valence-electron chi connectivity index (χ0n) is 65.9. The normalized spacial score (nSPS) is 15.1. The van der Waals surface area contributed by atoms with Gasteiger partial charge < -0.3 is 33.8 Å². The lowest BCUT2D eigenvalue weighted by molar-refractivity contribution is -0.161. The van der Waals surface area contributed by atoms with Crippen LogP contribution in [-0.2, 0) is 65.4 Å². The van der Waals surface area contributed by atoms with Crippen LogP contribution in [0.2, 0.25) is 0 Å². The molecule has 0 aliphatic rings. The van der Waals surface area contributed by atoms with E-state index in [0.717, 1.165) is 154 Å². The van der Waals surface area contributed by atoms with Crippen LogP contribution in [-0.4, -0.2) is 96.7 Å². The van der Waals surface area contributed by atoms with Crippen molar-refractivity contribution in [1.82, 2.24) is 0 Å². The number of unbranched alkanes of at least 4 members (excludes halogenated alkanes) is 8. The molecule has 0 rings (SSSR count). The van der Waals surface area contributed by atoms with Crippen molar-refractivity contribution < 1.29 is 80.2 Å². The van der Waals surface area contributed by atoms with Gasteiger partial charge in [-0.2, -0.15) is 0 Å². The number of aliphatic hydroxyl groups excluding tert-OH is 1. The summed E-state index contributed by atoms with van der Waals surface area (Å²) in [6.07, 6.45) is 101. The van der Waals surface area contributed by atoms with E-state index in [9.17, 15) is 43.2 Å². The molecule has 108 heavy (non-hydrogen) atoms. The SMILES string of the molecule is CC/C=C\C/C=C\C/C=C\C/C=C\C/C=C\C/C=C\CCC(=O)OCC(COP(=O)(O)OCC(O)COP(=O)(O)OCC(COC(=O)CCC/C=C\C/C=C\C/C=C\C/C=C\C/C=C\CC)OC(=O)CCCCCCCCC/C=C\C/C=C\C/C=C\CC)OC(=O)C/C=C\C/C=C\C/C=C\C/C=C\C/C=C\CC. The van der Waals surface area contributed by atoms with Crippen LogP contribution in [0.4, 0.5) is 0 Å². The summed E-state index contributed by atoms with van der Waals surface area (Å²) in [5, 5.41) is 10.6. The monoisotopic (exact) mass is 1540 g/mol. The van der Waals surface area contributed by atoms with E-state index >= 15 is 0 Å². The van der Waals surface area contributed by atoms with Crippen LogP contribution in [0.1, 0.15) is 246 Å². The summed E-state index contributed by atoms with van der Waals surface area (Å²) in [6, 6.07) is 0. The third-order valence-corrected chi connectivity index (χ3v) is 17.1. The molecule has 0 amide bonds. The molecular formula is C89H136O17P2. The summed E-state index contributed by atoms with van der Waals surface area (Å²) >= 11 is 0. The van der Waals surface area contributed by atoms with Crippen LogP contribution < -0.4 is 0 Å². The van der Waals surface area contributed by atoms with Gasteiger partial charge in [0, 0.05) is 19.3 Å². The molecule has 0 aliphatic heterocycles. The maximum Gasteiger partial charge on any atom is 0.472 e. The number of carbonyl (C=O) groups is 4. The Kier molecular flexibility index (Phi) is 73.3. The highest BCUT2D eigenvalue weighted by Gasteiger charge is 2.30. The largest absolute Gasteiger partial charge is 0.472 e. The van der Waals surface area contributed by atoms with Gasteiger partial charge in [-0.05, 0) is 161 Å². The van der Waals surface area contributed by atoms with E-state index in [0.29, 0.717) is 38.5 Å². The van der Waals surface area contributed by atoms with Crippen molar-refractivity contribution in [2.24, 2.45) is 0 Å². The van der Waals surface area contributed by atoms with Crippen molar-refractivity contribution in [3.05, 3.63) is 231 Å². The molecule has 5 atom stereocenters. The van der Waals surface area contributed by atoms with Gasteiger partial charge in [-0.1, -0.05) is 291 Å².